The van der Waals surface area contributed by atoms with E-state index in [1.54, 1.807) is 19.1 Å². The summed E-state index contributed by atoms with van der Waals surface area (Å²) >= 11 is 0. The molecule has 5 atom stereocenters. The molecule has 0 saturated carbocycles. The highest BCUT2D eigenvalue weighted by atomic mass is 16.6. The largest absolute Gasteiger partial charge is 0.382 e. The van der Waals surface area contributed by atoms with Gasteiger partial charge in [-0.25, -0.2) is 0 Å². The summed E-state index contributed by atoms with van der Waals surface area (Å²) in [5.74, 6) is -0.539. The standard InChI is InChI=1S/C20H20N2O5/c1-11-16-17(23)22-13-6-2-4-12-5-3-8-19(25,15(12)13)14-7-9-20(22,27-14)18(24)21(16)10-26-11/h2,4,6-7,9,11,14,16,25H,3,5,8,10H2,1H3/t11-,14+,16+,19+,20+/m0/s1. The van der Waals surface area contributed by atoms with E-state index in [9.17, 15) is 14.7 Å². The maximum atomic E-state index is 13.6. The van der Waals surface area contributed by atoms with Crippen molar-refractivity contribution in [1.29, 1.82) is 0 Å². The van der Waals surface area contributed by atoms with Crippen molar-refractivity contribution in [2.75, 3.05) is 11.6 Å². The molecule has 1 spiro atoms. The van der Waals surface area contributed by atoms with E-state index in [4.69, 9.17) is 9.47 Å². The fourth-order valence-corrected chi connectivity index (χ4v) is 5.47. The number of carbonyl (C=O) groups is 2. The minimum absolute atomic E-state index is 0.0744. The van der Waals surface area contributed by atoms with Gasteiger partial charge in [0.1, 0.15) is 24.5 Å². The molecule has 1 N–H and O–H groups in total. The van der Waals surface area contributed by atoms with Gasteiger partial charge in [0.2, 0.25) is 5.72 Å². The molecule has 1 aliphatic carbocycles. The lowest BCUT2D eigenvalue weighted by molar-refractivity contribution is -0.177. The molecular weight excluding hydrogens is 348 g/mol. The van der Waals surface area contributed by atoms with Crippen LogP contribution in [0.15, 0.2) is 30.4 Å². The summed E-state index contributed by atoms with van der Waals surface area (Å²) in [6.07, 6.45) is 4.52. The summed E-state index contributed by atoms with van der Waals surface area (Å²) in [6, 6.07) is 5.01. The van der Waals surface area contributed by atoms with Crippen LogP contribution in [0.25, 0.3) is 0 Å². The zero-order valence-corrected chi connectivity index (χ0v) is 14.9. The number of aliphatic hydroxyl groups is 1. The van der Waals surface area contributed by atoms with Gasteiger partial charge in [0.15, 0.2) is 0 Å². The second-order valence-electron chi connectivity index (χ2n) is 8.08. The van der Waals surface area contributed by atoms with Gasteiger partial charge in [-0.2, -0.15) is 0 Å². The SMILES string of the molecule is C[C@@H]1OCN2C(=O)[C@@]34C=C[C@@H](O3)[C@]3(O)CCCc5cccc(c53)N4C(=O)[C@@H]12. The second kappa shape index (κ2) is 4.79. The molecule has 0 aromatic heterocycles. The maximum Gasteiger partial charge on any atom is 0.283 e. The first kappa shape index (κ1) is 15.8. The van der Waals surface area contributed by atoms with Crippen LogP contribution in [0.1, 0.15) is 30.9 Å². The molecule has 7 nitrogen and oxygen atoms in total. The number of piperazine rings is 1. The Hall–Kier alpha value is -2.22. The van der Waals surface area contributed by atoms with Crippen molar-refractivity contribution >= 4 is 17.5 Å². The molecule has 1 aromatic carbocycles. The van der Waals surface area contributed by atoms with Gasteiger partial charge >= 0.3 is 0 Å². The van der Waals surface area contributed by atoms with E-state index in [1.165, 1.54) is 9.80 Å². The number of fused-ring (bicyclic) bond motifs is 4. The van der Waals surface area contributed by atoms with Gasteiger partial charge in [0.25, 0.3) is 11.8 Å². The third kappa shape index (κ3) is 1.65. The van der Waals surface area contributed by atoms with Gasteiger partial charge in [-0.05, 0) is 43.9 Å². The zero-order valence-electron chi connectivity index (χ0n) is 14.9. The lowest BCUT2D eigenvalue weighted by Crippen LogP contribution is -2.71. The fraction of sp³-hybridized carbons (Fsp3) is 0.500. The van der Waals surface area contributed by atoms with Crippen LogP contribution in [0.3, 0.4) is 0 Å². The molecule has 1 aromatic rings. The highest BCUT2D eigenvalue weighted by Gasteiger charge is 2.66. The van der Waals surface area contributed by atoms with Gasteiger partial charge < -0.3 is 19.5 Å². The number of rotatable bonds is 0. The number of hydrogen-bond donors (Lipinski definition) is 1. The molecule has 2 bridgehead atoms. The minimum Gasteiger partial charge on any atom is -0.382 e. The Morgan fingerprint density at radius 2 is 2.15 bits per heavy atom. The first-order valence-corrected chi connectivity index (χ1v) is 9.46. The second-order valence-corrected chi connectivity index (χ2v) is 8.08. The van der Waals surface area contributed by atoms with E-state index in [0.717, 1.165) is 24.0 Å². The quantitative estimate of drug-likeness (QED) is 0.685. The summed E-state index contributed by atoms with van der Waals surface area (Å²) in [7, 11) is 0. The van der Waals surface area contributed by atoms with Crippen molar-refractivity contribution in [2.45, 2.75) is 55.8 Å². The summed E-state index contributed by atoms with van der Waals surface area (Å²) < 4.78 is 11.8. The molecule has 0 radical (unpaired) electrons. The zero-order chi connectivity index (χ0) is 18.6. The number of aryl methyl sites for hydroxylation is 1. The molecule has 7 heteroatoms. The average Bonchev–Trinajstić information content (AvgIpc) is 3.23. The van der Waals surface area contributed by atoms with Gasteiger partial charge in [-0.3, -0.25) is 14.5 Å². The maximum absolute atomic E-state index is 13.6. The number of nitrogens with zero attached hydrogens (tertiary/aromatic N) is 2. The van der Waals surface area contributed by atoms with Crippen molar-refractivity contribution < 1.29 is 24.2 Å². The first-order chi connectivity index (χ1) is 13.0. The molecule has 140 valence electrons. The van der Waals surface area contributed by atoms with Gasteiger partial charge in [-0.15, -0.1) is 0 Å². The van der Waals surface area contributed by atoms with Crippen LogP contribution in [-0.2, 0) is 31.1 Å². The van der Waals surface area contributed by atoms with Gasteiger partial charge in [0, 0.05) is 5.56 Å². The van der Waals surface area contributed by atoms with Crippen molar-refractivity contribution in [2.24, 2.45) is 0 Å². The summed E-state index contributed by atoms with van der Waals surface area (Å²) in [5.41, 5.74) is -0.464. The molecule has 4 aliphatic heterocycles. The third-order valence-electron chi connectivity index (χ3n) is 6.71. The summed E-state index contributed by atoms with van der Waals surface area (Å²) in [4.78, 5) is 30.0. The van der Waals surface area contributed by atoms with E-state index < -0.39 is 23.5 Å². The van der Waals surface area contributed by atoms with Gasteiger partial charge in [0.05, 0.1) is 11.8 Å². The van der Waals surface area contributed by atoms with Crippen LogP contribution in [0.5, 0.6) is 0 Å². The topological polar surface area (TPSA) is 79.3 Å². The van der Waals surface area contributed by atoms with Crippen molar-refractivity contribution in [1.82, 2.24) is 4.90 Å². The van der Waals surface area contributed by atoms with E-state index in [2.05, 4.69) is 0 Å². The minimum atomic E-state index is -1.55. The fourth-order valence-electron chi connectivity index (χ4n) is 5.47. The predicted octanol–water partition coefficient (Wildman–Crippen LogP) is 0.795. The molecule has 27 heavy (non-hydrogen) atoms. The number of benzene rings is 1. The Labute approximate surface area is 156 Å². The number of ether oxygens (including phenoxy) is 2. The Bertz CT molecular complexity index is 929. The molecule has 4 heterocycles. The van der Waals surface area contributed by atoms with Crippen LogP contribution >= 0.6 is 0 Å². The Kier molecular flexibility index (Phi) is 2.80. The number of anilines is 1. The monoisotopic (exact) mass is 368 g/mol. The van der Waals surface area contributed by atoms with Crippen molar-refractivity contribution in [3.8, 4) is 0 Å². The van der Waals surface area contributed by atoms with Crippen LogP contribution in [0, 0.1) is 0 Å². The lowest BCUT2D eigenvalue weighted by Gasteiger charge is -2.46. The summed E-state index contributed by atoms with van der Waals surface area (Å²) in [6.45, 7) is 1.88. The molecule has 2 saturated heterocycles. The highest BCUT2D eigenvalue weighted by Crippen LogP contribution is 2.54. The van der Waals surface area contributed by atoms with Crippen LogP contribution in [0.4, 0.5) is 5.69 Å². The molecule has 0 unspecified atom stereocenters. The Balaban J connectivity index is 1.66. The van der Waals surface area contributed by atoms with Crippen LogP contribution in [-0.4, -0.2) is 52.5 Å². The smallest absolute Gasteiger partial charge is 0.283 e. The number of hydrogen-bond acceptors (Lipinski definition) is 5. The normalized spacial score (nSPS) is 41.3. The van der Waals surface area contributed by atoms with E-state index in [0.29, 0.717) is 12.1 Å². The average molecular weight is 368 g/mol. The molecule has 2 fully saturated rings. The Morgan fingerprint density at radius 3 is 3.00 bits per heavy atom. The van der Waals surface area contributed by atoms with Crippen molar-refractivity contribution in [3.63, 3.8) is 0 Å². The summed E-state index contributed by atoms with van der Waals surface area (Å²) in [5, 5.41) is 11.6. The molecule has 6 rings (SSSR count). The highest BCUT2D eigenvalue weighted by molar-refractivity contribution is 6.12. The molecule has 2 amide bonds. The van der Waals surface area contributed by atoms with Crippen LogP contribution in [0.2, 0.25) is 0 Å². The number of carbonyl (C=O) groups excluding carboxylic acids is 2. The van der Waals surface area contributed by atoms with Crippen molar-refractivity contribution in [3.05, 3.63) is 41.5 Å². The van der Waals surface area contributed by atoms with E-state index >= 15 is 0 Å². The first-order valence-electron chi connectivity index (χ1n) is 9.46. The third-order valence-corrected chi connectivity index (χ3v) is 6.71. The number of amides is 2. The Morgan fingerprint density at radius 1 is 1.30 bits per heavy atom. The predicted molar refractivity (Wildman–Crippen MR) is 93.6 cm³/mol. The van der Waals surface area contributed by atoms with E-state index in [1.807, 2.05) is 18.2 Å². The molecular formula is C20H20N2O5. The lowest BCUT2D eigenvalue weighted by atomic mass is 9.74. The van der Waals surface area contributed by atoms with Crippen LogP contribution < -0.4 is 4.90 Å². The van der Waals surface area contributed by atoms with Gasteiger partial charge in [-0.1, -0.05) is 18.2 Å². The van der Waals surface area contributed by atoms with E-state index in [-0.39, 0.29) is 24.6 Å². The molecule has 5 aliphatic rings.